The molecule has 0 saturated heterocycles. The molecule has 1 aromatic heterocycles. The first kappa shape index (κ1) is 12.8. The summed E-state index contributed by atoms with van der Waals surface area (Å²) in [5.74, 6) is 0.0154. The van der Waals surface area contributed by atoms with E-state index in [0.29, 0.717) is 10.6 Å². The van der Waals surface area contributed by atoms with Crippen LogP contribution < -0.4 is 4.72 Å². The lowest BCUT2D eigenvalue weighted by atomic mass is 10.1. The molecule has 0 aliphatic rings. The first-order valence-electron chi connectivity index (χ1n) is 4.91. The third-order valence-corrected chi connectivity index (χ3v) is 2.89. The Kier molecular flexibility index (Phi) is 3.78. The molecular weight excluding hydrogens is 276 g/mol. The number of hydrogen-bond acceptors (Lipinski definition) is 6. The molecule has 0 aliphatic heterocycles. The molecule has 0 spiro atoms. The van der Waals surface area contributed by atoms with Crippen LogP contribution in [-0.4, -0.2) is 11.4 Å². The molecule has 0 radical (unpaired) electrons. The number of benzene rings is 1. The van der Waals surface area contributed by atoms with Crippen molar-refractivity contribution < 1.29 is 9.52 Å². The maximum atomic E-state index is 10.7. The number of nitrogens with one attached hydrogen (secondary N) is 1. The van der Waals surface area contributed by atoms with Crippen molar-refractivity contribution in [3.8, 4) is 17.1 Å². The monoisotopic (exact) mass is 284 g/mol. The Balaban J connectivity index is 2.51. The number of halogens is 1. The molecule has 0 atom stereocenters. The van der Waals surface area contributed by atoms with E-state index in [1.807, 2.05) is 0 Å². The van der Waals surface area contributed by atoms with Crippen LogP contribution in [0.4, 0.5) is 11.6 Å². The molecule has 0 bridgehead atoms. The molecule has 1 heterocycles. The Morgan fingerprint density at radius 1 is 1.39 bits per heavy atom. The fraction of sp³-hybridized carbons (Fsp3) is 0.0909. The van der Waals surface area contributed by atoms with Gasteiger partial charge in [-0.2, -0.15) is 0 Å². The fourth-order valence-corrected chi connectivity index (χ4v) is 1.91. The summed E-state index contributed by atoms with van der Waals surface area (Å²) in [6, 6.07) is 6.68. The fourth-order valence-electron chi connectivity index (χ4n) is 1.46. The summed E-state index contributed by atoms with van der Waals surface area (Å²) >= 11 is 7.00. The minimum absolute atomic E-state index is 0.125. The van der Waals surface area contributed by atoms with Gasteiger partial charge in [-0.15, -0.1) is 4.91 Å². The van der Waals surface area contributed by atoms with Gasteiger partial charge in [0.05, 0.1) is 0 Å². The van der Waals surface area contributed by atoms with Crippen LogP contribution in [0, 0.1) is 4.91 Å². The van der Waals surface area contributed by atoms with E-state index in [4.69, 9.17) is 16.0 Å². The lowest BCUT2D eigenvalue weighted by molar-refractivity contribution is 0.466. The first-order valence-corrected chi connectivity index (χ1v) is 6.51. The van der Waals surface area contributed by atoms with E-state index in [2.05, 4.69) is 9.90 Å². The Hall–Kier alpha value is -1.66. The minimum Gasteiger partial charge on any atom is -0.503 e. The summed E-state index contributed by atoms with van der Waals surface area (Å²) < 4.78 is 8.12. The van der Waals surface area contributed by atoms with Gasteiger partial charge in [0, 0.05) is 16.8 Å². The molecule has 0 unspecified atom stereocenters. The summed E-state index contributed by atoms with van der Waals surface area (Å²) in [7, 11) is 0. The average Bonchev–Trinajstić information content (AvgIpc) is 2.67. The zero-order valence-electron chi connectivity index (χ0n) is 9.31. The molecule has 94 valence electrons. The number of nitrogens with zero attached hydrogens (tertiary/aromatic N) is 1. The highest BCUT2D eigenvalue weighted by Crippen LogP contribution is 2.46. The third-order valence-electron chi connectivity index (χ3n) is 2.25. The predicted molar refractivity (Wildman–Crippen MR) is 73.4 cm³/mol. The average molecular weight is 285 g/mol. The summed E-state index contributed by atoms with van der Waals surface area (Å²) in [6.45, 7) is 0. The zero-order valence-corrected chi connectivity index (χ0v) is 10.9. The molecule has 0 aliphatic carbocycles. The molecule has 0 saturated carbocycles. The van der Waals surface area contributed by atoms with Crippen LogP contribution in [0.25, 0.3) is 11.3 Å². The molecule has 0 fully saturated rings. The van der Waals surface area contributed by atoms with Crippen LogP contribution >= 0.6 is 23.5 Å². The third kappa shape index (κ3) is 2.30. The van der Waals surface area contributed by atoms with E-state index in [1.165, 1.54) is 11.9 Å². The molecule has 7 heteroatoms. The summed E-state index contributed by atoms with van der Waals surface area (Å²) in [6.07, 6.45) is 1.76. The Bertz CT molecular complexity index is 568. The van der Waals surface area contributed by atoms with Crippen molar-refractivity contribution in [2.45, 2.75) is 0 Å². The van der Waals surface area contributed by atoms with Crippen molar-refractivity contribution in [3.63, 3.8) is 0 Å². The molecule has 2 aromatic rings. The molecule has 1 aromatic carbocycles. The van der Waals surface area contributed by atoms with E-state index in [-0.39, 0.29) is 23.1 Å². The van der Waals surface area contributed by atoms with Gasteiger partial charge in [0.2, 0.25) is 11.6 Å². The zero-order chi connectivity index (χ0) is 13.1. The van der Waals surface area contributed by atoms with Crippen molar-refractivity contribution in [3.05, 3.63) is 34.2 Å². The van der Waals surface area contributed by atoms with Crippen molar-refractivity contribution in [2.75, 3.05) is 11.0 Å². The molecule has 18 heavy (non-hydrogen) atoms. The summed E-state index contributed by atoms with van der Waals surface area (Å²) in [4.78, 5) is 10.7. The second-order valence-corrected chi connectivity index (χ2v) is 4.41. The summed E-state index contributed by atoms with van der Waals surface area (Å²) in [5.41, 5.74) is 0.463. The van der Waals surface area contributed by atoms with E-state index < -0.39 is 0 Å². The van der Waals surface area contributed by atoms with Gasteiger partial charge < -0.3 is 9.52 Å². The Morgan fingerprint density at radius 2 is 2.06 bits per heavy atom. The highest BCUT2D eigenvalue weighted by molar-refractivity contribution is 7.99. The lowest BCUT2D eigenvalue weighted by Gasteiger charge is -1.98. The van der Waals surface area contributed by atoms with Crippen molar-refractivity contribution in [1.29, 1.82) is 0 Å². The van der Waals surface area contributed by atoms with Gasteiger partial charge in [-0.25, -0.2) is 0 Å². The SMILES string of the molecule is CSNc1oc(-c2ccc(Cl)cc2)c(O)c1N=O. The number of hydrogen-bond donors (Lipinski definition) is 2. The minimum atomic E-state index is -0.288. The number of furan rings is 1. The van der Waals surface area contributed by atoms with E-state index >= 15 is 0 Å². The topological polar surface area (TPSA) is 74.8 Å². The van der Waals surface area contributed by atoms with E-state index in [0.717, 1.165) is 0 Å². The standard InChI is InChI=1S/C11H9ClN2O3S/c1-18-14-11-8(13-16)9(15)10(17-11)6-2-4-7(12)5-3-6/h2-5,14-15H,1H3. The number of anilines is 1. The number of nitroso groups, excluding NO2 is 1. The van der Waals surface area contributed by atoms with Gasteiger partial charge in [0.15, 0.2) is 11.5 Å². The Morgan fingerprint density at radius 3 is 2.61 bits per heavy atom. The highest BCUT2D eigenvalue weighted by atomic mass is 35.5. The van der Waals surface area contributed by atoms with Gasteiger partial charge in [-0.3, -0.25) is 4.72 Å². The second kappa shape index (κ2) is 5.32. The van der Waals surface area contributed by atoms with Crippen molar-refractivity contribution in [2.24, 2.45) is 5.18 Å². The summed E-state index contributed by atoms with van der Waals surface area (Å²) in [5, 5.41) is 13.2. The second-order valence-electron chi connectivity index (χ2n) is 3.36. The van der Waals surface area contributed by atoms with E-state index in [1.54, 1.807) is 30.5 Å². The van der Waals surface area contributed by atoms with Crippen LogP contribution in [0.15, 0.2) is 33.9 Å². The largest absolute Gasteiger partial charge is 0.503 e. The predicted octanol–water partition coefficient (Wildman–Crippen LogP) is 4.39. The maximum absolute atomic E-state index is 10.7. The molecule has 5 nitrogen and oxygen atoms in total. The van der Waals surface area contributed by atoms with E-state index in [9.17, 15) is 10.0 Å². The quantitative estimate of drug-likeness (QED) is 0.643. The highest BCUT2D eigenvalue weighted by Gasteiger charge is 2.21. The normalized spacial score (nSPS) is 10.3. The Labute approximate surface area is 112 Å². The molecule has 0 amide bonds. The van der Waals surface area contributed by atoms with Crippen LogP contribution in [0.2, 0.25) is 5.02 Å². The van der Waals surface area contributed by atoms with Gasteiger partial charge in [-0.05, 0) is 29.4 Å². The van der Waals surface area contributed by atoms with Crippen molar-refractivity contribution in [1.82, 2.24) is 0 Å². The molecule has 2 rings (SSSR count). The van der Waals surface area contributed by atoms with Crippen LogP contribution in [0.1, 0.15) is 0 Å². The van der Waals surface area contributed by atoms with Gasteiger partial charge in [0.25, 0.3) is 0 Å². The van der Waals surface area contributed by atoms with Crippen LogP contribution in [0.5, 0.6) is 5.75 Å². The van der Waals surface area contributed by atoms with Crippen LogP contribution in [-0.2, 0) is 0 Å². The number of rotatable bonds is 4. The lowest BCUT2D eigenvalue weighted by Crippen LogP contribution is -1.80. The van der Waals surface area contributed by atoms with Crippen LogP contribution in [0.3, 0.4) is 0 Å². The van der Waals surface area contributed by atoms with Gasteiger partial charge >= 0.3 is 0 Å². The van der Waals surface area contributed by atoms with Gasteiger partial charge in [-0.1, -0.05) is 23.5 Å². The maximum Gasteiger partial charge on any atom is 0.237 e. The van der Waals surface area contributed by atoms with Gasteiger partial charge in [0.1, 0.15) is 0 Å². The smallest absolute Gasteiger partial charge is 0.237 e. The number of aromatic hydroxyl groups is 1. The van der Waals surface area contributed by atoms with Crippen molar-refractivity contribution >= 4 is 35.1 Å². The molecular formula is C11H9ClN2O3S. The first-order chi connectivity index (χ1) is 8.67. The molecule has 2 N–H and O–H groups in total.